The van der Waals surface area contributed by atoms with Gasteiger partial charge in [0.05, 0.1) is 22.3 Å². The third-order valence-corrected chi connectivity index (χ3v) is 4.80. The summed E-state index contributed by atoms with van der Waals surface area (Å²) in [7, 11) is 0. The lowest BCUT2D eigenvalue weighted by molar-refractivity contribution is 0.669. The zero-order valence-electron chi connectivity index (χ0n) is 13.1. The van der Waals surface area contributed by atoms with Gasteiger partial charge in [0.15, 0.2) is 0 Å². The van der Waals surface area contributed by atoms with Gasteiger partial charge in [-0.15, -0.1) is 0 Å². The van der Waals surface area contributed by atoms with Crippen LogP contribution >= 0.6 is 12.8 Å². The molecule has 0 radical (unpaired) electrons. The predicted molar refractivity (Wildman–Crippen MR) is 104 cm³/mol. The van der Waals surface area contributed by atoms with Crippen molar-refractivity contribution in [2.75, 3.05) is 4.31 Å². The van der Waals surface area contributed by atoms with E-state index in [-0.39, 0.29) is 0 Å². The maximum Gasteiger partial charge on any atom is 0.137 e. The summed E-state index contributed by atoms with van der Waals surface area (Å²) >= 11 is 4.80. The Morgan fingerprint density at radius 1 is 0.800 bits per heavy atom. The first-order valence-electron chi connectivity index (χ1n) is 7.91. The number of fused-ring (bicyclic) bond motifs is 4. The molecule has 0 aliphatic rings. The molecule has 3 aromatic carbocycles. The number of hydrogen-bond acceptors (Lipinski definition) is 5. The van der Waals surface area contributed by atoms with Crippen LogP contribution in [0.15, 0.2) is 77.6 Å². The molecule has 0 bridgehead atoms. The molecule has 0 saturated carbocycles. The second-order valence-electron chi connectivity index (χ2n) is 5.79. The minimum Gasteiger partial charge on any atom is -0.456 e. The number of thiol groups is 1. The average Bonchev–Trinajstić information content (AvgIpc) is 3.06. The van der Waals surface area contributed by atoms with Gasteiger partial charge in [-0.25, -0.2) is 9.97 Å². The Hall–Kier alpha value is -3.05. The normalized spacial score (nSPS) is 11.4. The monoisotopic (exact) mass is 343 g/mol. The van der Waals surface area contributed by atoms with Gasteiger partial charge in [-0.1, -0.05) is 43.1 Å². The largest absolute Gasteiger partial charge is 0.456 e. The van der Waals surface area contributed by atoms with Crippen molar-refractivity contribution in [3.8, 4) is 0 Å². The van der Waals surface area contributed by atoms with Crippen LogP contribution in [0.3, 0.4) is 0 Å². The zero-order chi connectivity index (χ0) is 16.8. The van der Waals surface area contributed by atoms with Gasteiger partial charge in [-0.3, -0.25) is 4.31 Å². The fourth-order valence-electron chi connectivity index (χ4n) is 3.24. The van der Waals surface area contributed by atoms with Crippen LogP contribution in [0, 0.1) is 0 Å². The summed E-state index contributed by atoms with van der Waals surface area (Å²) in [6.07, 6.45) is 3.37. The highest BCUT2D eigenvalue weighted by Crippen LogP contribution is 2.41. The molecule has 0 unspecified atom stereocenters. The van der Waals surface area contributed by atoms with Crippen LogP contribution in [0.1, 0.15) is 0 Å². The van der Waals surface area contributed by atoms with Crippen LogP contribution in [-0.2, 0) is 0 Å². The van der Waals surface area contributed by atoms with Crippen LogP contribution in [0.25, 0.3) is 32.8 Å². The van der Waals surface area contributed by atoms with E-state index in [1.165, 1.54) is 0 Å². The summed E-state index contributed by atoms with van der Waals surface area (Å²) in [6.45, 7) is 0. The number of para-hydroxylation sites is 1. The maximum absolute atomic E-state index is 5.98. The topological polar surface area (TPSA) is 42.2 Å². The Kier molecular flexibility index (Phi) is 3.15. The number of hydrogen-bond donors (Lipinski definition) is 1. The van der Waals surface area contributed by atoms with E-state index in [1.807, 2.05) is 65.1 Å². The minimum atomic E-state index is 0.842. The molecule has 0 fully saturated rings. The van der Waals surface area contributed by atoms with E-state index in [1.54, 1.807) is 6.33 Å². The molecular formula is C20H13N3OS. The van der Waals surface area contributed by atoms with Gasteiger partial charge in [0.25, 0.3) is 0 Å². The number of aromatic nitrogens is 2. The van der Waals surface area contributed by atoms with Gasteiger partial charge in [-0.05, 0) is 30.3 Å². The number of nitrogens with zero attached hydrogens (tertiary/aromatic N) is 3. The smallest absolute Gasteiger partial charge is 0.137 e. The van der Waals surface area contributed by atoms with Crippen molar-refractivity contribution >= 4 is 57.0 Å². The Morgan fingerprint density at radius 3 is 2.56 bits per heavy atom. The van der Waals surface area contributed by atoms with E-state index in [0.717, 1.165) is 44.2 Å². The van der Waals surface area contributed by atoms with Crippen LogP contribution < -0.4 is 4.31 Å². The zero-order valence-corrected chi connectivity index (χ0v) is 14.0. The molecule has 0 aliphatic carbocycles. The molecule has 0 N–H and O–H groups in total. The lowest BCUT2D eigenvalue weighted by Crippen LogP contribution is -2.03. The predicted octanol–water partition coefficient (Wildman–Crippen LogP) is 5.51. The number of rotatable bonds is 2. The van der Waals surface area contributed by atoms with Gasteiger partial charge < -0.3 is 4.42 Å². The van der Waals surface area contributed by atoms with Crippen LogP contribution in [0.4, 0.5) is 11.4 Å². The molecular weight excluding hydrogens is 330 g/mol. The van der Waals surface area contributed by atoms with E-state index >= 15 is 0 Å². The highest BCUT2D eigenvalue weighted by atomic mass is 32.1. The van der Waals surface area contributed by atoms with Gasteiger partial charge in [-0.2, -0.15) is 0 Å². The quantitative estimate of drug-likeness (QED) is 0.429. The fourth-order valence-corrected chi connectivity index (χ4v) is 3.58. The second-order valence-corrected chi connectivity index (χ2v) is 6.19. The van der Waals surface area contributed by atoms with Crippen molar-refractivity contribution in [3.63, 3.8) is 0 Å². The summed E-state index contributed by atoms with van der Waals surface area (Å²) in [6, 6.07) is 20.0. The molecule has 25 heavy (non-hydrogen) atoms. The van der Waals surface area contributed by atoms with Crippen molar-refractivity contribution in [1.82, 2.24) is 9.97 Å². The molecule has 2 aromatic heterocycles. The Morgan fingerprint density at radius 2 is 1.60 bits per heavy atom. The lowest BCUT2D eigenvalue weighted by atomic mass is 10.1. The van der Waals surface area contributed by atoms with Crippen LogP contribution in [0.2, 0.25) is 0 Å². The highest BCUT2D eigenvalue weighted by Gasteiger charge is 2.16. The fraction of sp³-hybridized carbons (Fsp3) is 0. The summed E-state index contributed by atoms with van der Waals surface area (Å²) in [5.41, 5.74) is 4.49. The van der Waals surface area contributed by atoms with Gasteiger partial charge in [0.1, 0.15) is 17.5 Å². The van der Waals surface area contributed by atoms with Crippen molar-refractivity contribution in [1.29, 1.82) is 0 Å². The molecule has 5 aromatic rings. The summed E-state index contributed by atoms with van der Waals surface area (Å²) in [5, 5.41) is 3.07. The molecule has 0 aliphatic heterocycles. The van der Waals surface area contributed by atoms with Crippen molar-refractivity contribution in [2.24, 2.45) is 0 Å². The Labute approximate surface area is 149 Å². The van der Waals surface area contributed by atoms with E-state index in [0.29, 0.717) is 0 Å². The number of furan rings is 1. The highest BCUT2D eigenvalue weighted by molar-refractivity contribution is 7.82. The lowest BCUT2D eigenvalue weighted by Gasteiger charge is -2.20. The van der Waals surface area contributed by atoms with Crippen molar-refractivity contribution < 1.29 is 4.42 Å². The molecule has 120 valence electrons. The van der Waals surface area contributed by atoms with Gasteiger partial charge in [0.2, 0.25) is 0 Å². The molecule has 2 heterocycles. The summed E-state index contributed by atoms with van der Waals surface area (Å²) in [4.78, 5) is 8.49. The summed E-state index contributed by atoms with van der Waals surface area (Å²) in [5.74, 6) is 0. The number of anilines is 2. The van der Waals surface area contributed by atoms with Crippen LogP contribution in [-0.4, -0.2) is 9.97 Å². The second kappa shape index (κ2) is 5.50. The van der Waals surface area contributed by atoms with Gasteiger partial charge >= 0.3 is 0 Å². The van der Waals surface area contributed by atoms with Gasteiger partial charge in [0, 0.05) is 17.0 Å². The molecule has 5 rings (SSSR count). The maximum atomic E-state index is 5.98. The Balaban J connectivity index is 1.80. The molecule has 0 atom stereocenters. The van der Waals surface area contributed by atoms with E-state index in [2.05, 4.69) is 16.0 Å². The van der Waals surface area contributed by atoms with E-state index < -0.39 is 0 Å². The van der Waals surface area contributed by atoms with Crippen LogP contribution in [0.5, 0.6) is 0 Å². The Bertz CT molecular complexity index is 1230. The first kappa shape index (κ1) is 14.3. The SMILES string of the molecule is SN(c1cccc2ncncc12)c1cccc2oc3ccccc3c12. The van der Waals surface area contributed by atoms with Crippen molar-refractivity contribution in [2.45, 2.75) is 0 Å². The standard InChI is InChI=1S/C20H13N3OS/c25-23(16-7-3-6-15-14(16)11-21-12-22-15)17-8-4-10-19-20(17)13-5-1-2-9-18(13)24-19/h1-12,25H. The third kappa shape index (κ3) is 2.16. The molecule has 0 amide bonds. The minimum absolute atomic E-state index is 0.842. The first-order valence-corrected chi connectivity index (χ1v) is 8.31. The van der Waals surface area contributed by atoms with E-state index in [4.69, 9.17) is 17.2 Å². The van der Waals surface area contributed by atoms with E-state index in [9.17, 15) is 0 Å². The number of benzene rings is 3. The molecule has 4 nitrogen and oxygen atoms in total. The molecule has 0 spiro atoms. The molecule has 0 saturated heterocycles. The first-order chi connectivity index (χ1) is 12.3. The molecule has 5 heteroatoms. The third-order valence-electron chi connectivity index (χ3n) is 4.36. The van der Waals surface area contributed by atoms with Crippen molar-refractivity contribution in [3.05, 3.63) is 73.2 Å². The average molecular weight is 343 g/mol. The summed E-state index contributed by atoms with van der Waals surface area (Å²) < 4.78 is 7.85.